The minimum Gasteiger partial charge on any atom is -0.497 e. The number of likely N-dealkylation sites (tertiary alicyclic amines) is 1. The number of hydrogen-bond acceptors (Lipinski definition) is 5. The molecule has 2 aliphatic rings. The summed E-state index contributed by atoms with van der Waals surface area (Å²) in [5.41, 5.74) is 0.613. The van der Waals surface area contributed by atoms with Crippen LogP contribution in [0.4, 0.5) is 0 Å². The zero-order chi connectivity index (χ0) is 19.6. The second-order valence-electron chi connectivity index (χ2n) is 7.96. The molecule has 2 atom stereocenters. The number of methoxy groups -OCH3 is 1. The first-order chi connectivity index (χ1) is 12.8. The molecule has 1 aromatic carbocycles. The van der Waals surface area contributed by atoms with Crippen LogP contribution in [0.2, 0.25) is 0 Å². The van der Waals surface area contributed by atoms with E-state index in [0.29, 0.717) is 49.7 Å². The average Bonchev–Trinajstić information content (AvgIpc) is 2.88. The Labute approximate surface area is 162 Å². The second-order valence-corrected chi connectivity index (χ2v) is 10.3. The molecule has 0 bridgehead atoms. The van der Waals surface area contributed by atoms with Crippen molar-refractivity contribution >= 4 is 15.7 Å². The number of carbonyl (C=O) groups is 1. The largest absolute Gasteiger partial charge is 0.497 e. The Kier molecular flexibility index (Phi) is 6.11. The highest BCUT2D eigenvalue weighted by atomic mass is 32.2. The van der Waals surface area contributed by atoms with Gasteiger partial charge in [-0.15, -0.1) is 0 Å². The summed E-state index contributed by atoms with van der Waals surface area (Å²) in [7, 11) is -1.50. The number of benzene rings is 1. The van der Waals surface area contributed by atoms with Crippen LogP contribution in [-0.4, -0.2) is 74.5 Å². The Morgan fingerprint density at radius 3 is 2.44 bits per heavy atom. The van der Waals surface area contributed by atoms with E-state index in [1.165, 1.54) is 0 Å². The molecular formula is C20H30N2O4S. The smallest absolute Gasteiger partial charge is 0.253 e. The Bertz CT molecular complexity index is 761. The highest BCUT2D eigenvalue weighted by molar-refractivity contribution is 7.92. The standard InChI is InChI=1S/C20H30N2O4S/c1-15(2)14-22-12-13-27(24,25)19-9-11-21(10-8-18(19)22)20(23)16-4-6-17(26-3)7-5-16/h4-7,15,18-19H,8-14H2,1-3H3/t18-,19+/m0/s1. The van der Waals surface area contributed by atoms with Crippen molar-refractivity contribution in [1.82, 2.24) is 9.80 Å². The van der Waals surface area contributed by atoms with Crippen LogP contribution in [0.25, 0.3) is 0 Å². The van der Waals surface area contributed by atoms with Crippen LogP contribution in [-0.2, 0) is 9.84 Å². The maximum Gasteiger partial charge on any atom is 0.253 e. The van der Waals surface area contributed by atoms with Crippen molar-refractivity contribution in [2.45, 2.75) is 38.0 Å². The van der Waals surface area contributed by atoms with Crippen LogP contribution >= 0.6 is 0 Å². The molecule has 0 N–H and O–H groups in total. The number of sulfone groups is 1. The topological polar surface area (TPSA) is 66.9 Å². The Morgan fingerprint density at radius 2 is 1.81 bits per heavy atom. The maximum absolute atomic E-state index is 12.9. The predicted octanol–water partition coefficient (Wildman–Crippen LogP) is 2.05. The fourth-order valence-corrected chi connectivity index (χ4v) is 6.32. The van der Waals surface area contributed by atoms with Crippen molar-refractivity contribution in [2.75, 3.05) is 39.0 Å². The van der Waals surface area contributed by atoms with E-state index in [1.807, 2.05) is 4.90 Å². The van der Waals surface area contributed by atoms with Crippen LogP contribution in [0, 0.1) is 5.92 Å². The molecule has 0 unspecified atom stereocenters. The van der Waals surface area contributed by atoms with Crippen molar-refractivity contribution in [2.24, 2.45) is 5.92 Å². The predicted molar refractivity (Wildman–Crippen MR) is 106 cm³/mol. The van der Waals surface area contributed by atoms with E-state index >= 15 is 0 Å². The minimum absolute atomic E-state index is 0.0137. The summed E-state index contributed by atoms with van der Waals surface area (Å²) in [5.74, 6) is 1.40. The lowest BCUT2D eigenvalue weighted by atomic mass is 10.0. The number of amides is 1. The molecule has 0 radical (unpaired) electrons. The van der Waals surface area contributed by atoms with Gasteiger partial charge in [-0.1, -0.05) is 13.8 Å². The summed E-state index contributed by atoms with van der Waals surface area (Å²) in [6, 6.07) is 7.10. The van der Waals surface area contributed by atoms with Gasteiger partial charge in [0.15, 0.2) is 9.84 Å². The molecule has 2 aliphatic heterocycles. The molecule has 2 fully saturated rings. The Hall–Kier alpha value is -1.60. The summed E-state index contributed by atoms with van der Waals surface area (Å²) in [6.45, 7) is 6.91. The van der Waals surface area contributed by atoms with Gasteiger partial charge in [0, 0.05) is 37.8 Å². The van der Waals surface area contributed by atoms with Crippen LogP contribution in [0.3, 0.4) is 0 Å². The molecule has 1 aromatic rings. The van der Waals surface area contributed by atoms with Crippen molar-refractivity contribution in [3.63, 3.8) is 0 Å². The van der Waals surface area contributed by atoms with Crippen molar-refractivity contribution in [3.05, 3.63) is 29.8 Å². The summed E-state index contributed by atoms with van der Waals surface area (Å²) in [6.07, 6.45) is 1.22. The zero-order valence-electron chi connectivity index (χ0n) is 16.4. The van der Waals surface area contributed by atoms with E-state index < -0.39 is 9.84 Å². The fraction of sp³-hybridized carbons (Fsp3) is 0.650. The molecule has 3 rings (SSSR count). The molecule has 27 heavy (non-hydrogen) atoms. The molecule has 0 saturated carbocycles. The van der Waals surface area contributed by atoms with E-state index in [2.05, 4.69) is 18.7 Å². The van der Waals surface area contributed by atoms with E-state index in [1.54, 1.807) is 31.4 Å². The first-order valence-corrected chi connectivity index (χ1v) is 11.4. The van der Waals surface area contributed by atoms with E-state index in [9.17, 15) is 13.2 Å². The van der Waals surface area contributed by atoms with Gasteiger partial charge in [0.1, 0.15) is 5.75 Å². The van der Waals surface area contributed by atoms with Crippen LogP contribution < -0.4 is 4.74 Å². The molecule has 6 nitrogen and oxygen atoms in total. The summed E-state index contributed by atoms with van der Waals surface area (Å²) in [4.78, 5) is 17.0. The average molecular weight is 395 g/mol. The molecular weight excluding hydrogens is 364 g/mol. The molecule has 2 heterocycles. The van der Waals surface area contributed by atoms with Crippen molar-refractivity contribution in [3.8, 4) is 5.75 Å². The van der Waals surface area contributed by atoms with Gasteiger partial charge >= 0.3 is 0 Å². The van der Waals surface area contributed by atoms with Gasteiger partial charge < -0.3 is 9.64 Å². The van der Waals surface area contributed by atoms with E-state index in [4.69, 9.17) is 4.74 Å². The molecule has 7 heteroatoms. The molecule has 150 valence electrons. The van der Waals surface area contributed by atoms with E-state index in [0.717, 1.165) is 6.54 Å². The summed E-state index contributed by atoms with van der Waals surface area (Å²) < 4.78 is 30.5. The van der Waals surface area contributed by atoms with Gasteiger partial charge in [-0.3, -0.25) is 9.69 Å². The first-order valence-electron chi connectivity index (χ1n) is 9.71. The molecule has 2 saturated heterocycles. The minimum atomic E-state index is -3.09. The van der Waals surface area contributed by atoms with Gasteiger partial charge in [-0.25, -0.2) is 8.42 Å². The Balaban J connectivity index is 1.76. The third kappa shape index (κ3) is 4.46. The highest BCUT2D eigenvalue weighted by Crippen LogP contribution is 2.29. The number of fused-ring (bicyclic) bond motifs is 1. The van der Waals surface area contributed by atoms with Gasteiger partial charge in [-0.05, 0) is 43.0 Å². The lowest BCUT2D eigenvalue weighted by Crippen LogP contribution is -2.55. The van der Waals surface area contributed by atoms with Crippen LogP contribution in [0.15, 0.2) is 24.3 Å². The number of hydrogen-bond donors (Lipinski definition) is 0. The summed E-state index contributed by atoms with van der Waals surface area (Å²) in [5, 5.41) is -0.362. The molecule has 1 amide bonds. The van der Waals surface area contributed by atoms with Crippen molar-refractivity contribution < 1.29 is 17.9 Å². The number of nitrogens with zero attached hydrogens (tertiary/aromatic N) is 2. The molecule has 0 aliphatic carbocycles. The number of carbonyl (C=O) groups excluding carboxylic acids is 1. The van der Waals surface area contributed by atoms with Crippen molar-refractivity contribution in [1.29, 1.82) is 0 Å². The molecule has 0 aromatic heterocycles. The van der Waals surface area contributed by atoms with Gasteiger partial charge in [0.05, 0.1) is 18.1 Å². The van der Waals surface area contributed by atoms with E-state index in [-0.39, 0.29) is 23.0 Å². The SMILES string of the molecule is COc1ccc(C(=O)N2CC[C@@H]3[C@H](CC2)N(CC(C)C)CCS3(=O)=O)cc1. The second kappa shape index (κ2) is 8.19. The van der Waals surface area contributed by atoms with Crippen LogP contribution in [0.5, 0.6) is 5.75 Å². The van der Waals surface area contributed by atoms with Gasteiger partial charge in [0.2, 0.25) is 0 Å². The summed E-state index contributed by atoms with van der Waals surface area (Å²) >= 11 is 0. The van der Waals surface area contributed by atoms with Gasteiger partial charge in [0.25, 0.3) is 5.91 Å². The van der Waals surface area contributed by atoms with Gasteiger partial charge in [-0.2, -0.15) is 0 Å². The highest BCUT2D eigenvalue weighted by Gasteiger charge is 2.43. The number of rotatable bonds is 4. The first kappa shape index (κ1) is 20.1. The maximum atomic E-state index is 12.9. The lowest BCUT2D eigenvalue weighted by molar-refractivity contribution is 0.0755. The zero-order valence-corrected chi connectivity index (χ0v) is 17.2. The quantitative estimate of drug-likeness (QED) is 0.782. The molecule has 0 spiro atoms. The third-order valence-electron chi connectivity index (χ3n) is 5.62. The number of ether oxygens (including phenoxy) is 1. The Morgan fingerprint density at radius 1 is 1.15 bits per heavy atom. The third-order valence-corrected chi connectivity index (χ3v) is 7.85. The lowest BCUT2D eigenvalue weighted by Gasteiger charge is -2.40. The van der Waals surface area contributed by atoms with Crippen LogP contribution in [0.1, 0.15) is 37.0 Å². The monoisotopic (exact) mass is 394 g/mol. The normalized spacial score (nSPS) is 25.7. The fourth-order valence-electron chi connectivity index (χ4n) is 4.27.